The Morgan fingerprint density at radius 1 is 1.38 bits per heavy atom. The van der Waals surface area contributed by atoms with E-state index in [0.29, 0.717) is 5.92 Å². The van der Waals surface area contributed by atoms with Crippen LogP contribution in [0.2, 0.25) is 0 Å². The van der Waals surface area contributed by atoms with Crippen LogP contribution in [0.3, 0.4) is 0 Å². The quantitative estimate of drug-likeness (QED) is 0.795. The number of H-pyrrole nitrogens is 1. The fourth-order valence-electron chi connectivity index (χ4n) is 3.65. The molecule has 1 unspecified atom stereocenters. The van der Waals surface area contributed by atoms with Crippen LogP contribution in [-0.2, 0) is 6.42 Å². The van der Waals surface area contributed by atoms with Gasteiger partial charge in [-0.1, -0.05) is 12.1 Å². The van der Waals surface area contributed by atoms with Gasteiger partial charge < -0.3 is 9.51 Å². The van der Waals surface area contributed by atoms with Crippen molar-refractivity contribution in [2.45, 2.75) is 45.1 Å². The fourth-order valence-corrected chi connectivity index (χ4v) is 3.65. The van der Waals surface area contributed by atoms with Crippen LogP contribution < -0.4 is 0 Å². The molecule has 4 heterocycles. The van der Waals surface area contributed by atoms with Gasteiger partial charge in [-0.25, -0.2) is 4.98 Å². The highest BCUT2D eigenvalue weighted by Gasteiger charge is 2.28. The molecule has 3 aromatic rings. The summed E-state index contributed by atoms with van der Waals surface area (Å²) in [4.78, 5) is 14.6. The van der Waals surface area contributed by atoms with Crippen LogP contribution in [0.1, 0.15) is 55.9 Å². The molecule has 0 bridgehead atoms. The van der Waals surface area contributed by atoms with Gasteiger partial charge in [0, 0.05) is 24.2 Å². The van der Waals surface area contributed by atoms with E-state index in [1.165, 1.54) is 10.9 Å². The number of hydrogen-bond acceptors (Lipinski definition) is 5. The Hall–Kier alpha value is -2.21. The van der Waals surface area contributed by atoms with E-state index < -0.39 is 0 Å². The van der Waals surface area contributed by atoms with Gasteiger partial charge in [-0.2, -0.15) is 4.98 Å². The highest BCUT2D eigenvalue weighted by Crippen LogP contribution is 2.34. The van der Waals surface area contributed by atoms with Crippen molar-refractivity contribution >= 4 is 11.0 Å². The molecule has 1 atom stereocenters. The fraction of sp³-hybridized carbons (Fsp3) is 0.500. The van der Waals surface area contributed by atoms with Gasteiger partial charge in [-0.15, -0.1) is 0 Å². The Morgan fingerprint density at radius 3 is 2.96 bits per heavy atom. The third-order valence-corrected chi connectivity index (χ3v) is 5.16. The number of pyridine rings is 1. The van der Waals surface area contributed by atoms with Crippen LogP contribution in [0, 0.1) is 0 Å². The van der Waals surface area contributed by atoms with Gasteiger partial charge in [0.15, 0.2) is 5.82 Å². The molecule has 0 amide bonds. The molecule has 1 aliphatic rings. The summed E-state index contributed by atoms with van der Waals surface area (Å²) in [6.07, 6.45) is 7.06. The van der Waals surface area contributed by atoms with Crippen LogP contribution in [0.25, 0.3) is 11.0 Å². The molecule has 0 spiro atoms. The molecule has 0 saturated carbocycles. The molecule has 0 aromatic carbocycles. The Morgan fingerprint density at radius 2 is 2.21 bits per heavy atom. The van der Waals surface area contributed by atoms with Crippen molar-refractivity contribution in [1.29, 1.82) is 0 Å². The van der Waals surface area contributed by atoms with Crippen LogP contribution in [0.4, 0.5) is 0 Å². The summed E-state index contributed by atoms with van der Waals surface area (Å²) in [5, 5.41) is 5.27. The number of rotatable bonds is 4. The molecular weight excluding hydrogens is 302 g/mol. The number of likely N-dealkylation sites (tertiary alicyclic amines) is 1. The van der Waals surface area contributed by atoms with Gasteiger partial charge in [0.05, 0.1) is 6.04 Å². The normalized spacial score (nSPS) is 18.2. The summed E-state index contributed by atoms with van der Waals surface area (Å²) in [7, 11) is 0. The van der Waals surface area contributed by atoms with Crippen molar-refractivity contribution in [2.24, 2.45) is 0 Å². The van der Waals surface area contributed by atoms with Gasteiger partial charge in [-0.3, -0.25) is 4.90 Å². The van der Waals surface area contributed by atoms with E-state index >= 15 is 0 Å². The van der Waals surface area contributed by atoms with E-state index in [4.69, 9.17) is 4.52 Å². The van der Waals surface area contributed by atoms with E-state index in [1.54, 1.807) is 0 Å². The Labute approximate surface area is 141 Å². The van der Waals surface area contributed by atoms with Gasteiger partial charge in [0.1, 0.15) is 5.65 Å². The summed E-state index contributed by atoms with van der Waals surface area (Å²) >= 11 is 0. The van der Waals surface area contributed by atoms with Crippen molar-refractivity contribution in [3.05, 3.63) is 41.8 Å². The highest BCUT2D eigenvalue weighted by molar-refractivity contribution is 5.80. The second-order valence-corrected chi connectivity index (χ2v) is 6.53. The van der Waals surface area contributed by atoms with Crippen molar-refractivity contribution < 1.29 is 4.52 Å². The SMILES string of the molecule is CCc1noc(C(C)N2CCC(c3c[nH]c4ncccc34)CC2)n1. The minimum absolute atomic E-state index is 0.184. The standard InChI is InChI=1S/C18H23N5O/c1-3-16-21-18(24-22-16)12(2)23-9-6-13(7-10-23)15-11-20-17-14(15)5-4-8-19-17/h4-5,8,11-13H,3,6-7,9-10H2,1-2H3,(H,19,20). The zero-order valence-electron chi connectivity index (χ0n) is 14.2. The summed E-state index contributed by atoms with van der Waals surface area (Å²) in [6.45, 7) is 6.29. The molecule has 3 aromatic heterocycles. The third kappa shape index (κ3) is 2.71. The number of aromatic amines is 1. The molecule has 1 saturated heterocycles. The molecule has 1 aliphatic heterocycles. The molecule has 4 rings (SSSR count). The third-order valence-electron chi connectivity index (χ3n) is 5.16. The lowest BCUT2D eigenvalue weighted by molar-refractivity contribution is 0.136. The number of fused-ring (bicyclic) bond motifs is 1. The predicted octanol–water partition coefficient (Wildman–Crippen LogP) is 3.45. The van der Waals surface area contributed by atoms with Crippen LogP contribution in [0.15, 0.2) is 29.0 Å². The lowest BCUT2D eigenvalue weighted by atomic mass is 9.89. The summed E-state index contributed by atoms with van der Waals surface area (Å²) in [5.41, 5.74) is 2.39. The monoisotopic (exact) mass is 325 g/mol. The Bertz CT molecular complexity index is 816. The maximum absolute atomic E-state index is 5.41. The topological polar surface area (TPSA) is 70.8 Å². The summed E-state index contributed by atoms with van der Waals surface area (Å²) in [6, 6.07) is 4.36. The molecule has 1 N–H and O–H groups in total. The summed E-state index contributed by atoms with van der Waals surface area (Å²) in [5.74, 6) is 2.11. The van der Waals surface area contributed by atoms with E-state index in [2.05, 4.69) is 44.2 Å². The van der Waals surface area contributed by atoms with Crippen molar-refractivity contribution in [1.82, 2.24) is 25.0 Å². The first-order valence-corrected chi connectivity index (χ1v) is 8.74. The second-order valence-electron chi connectivity index (χ2n) is 6.53. The smallest absolute Gasteiger partial charge is 0.243 e. The average molecular weight is 325 g/mol. The number of nitrogens with one attached hydrogen (secondary N) is 1. The van der Waals surface area contributed by atoms with Gasteiger partial charge in [0.2, 0.25) is 5.89 Å². The van der Waals surface area contributed by atoms with Crippen LogP contribution >= 0.6 is 0 Å². The largest absolute Gasteiger partial charge is 0.346 e. The minimum atomic E-state index is 0.184. The van der Waals surface area contributed by atoms with Gasteiger partial charge in [0.25, 0.3) is 0 Å². The van der Waals surface area contributed by atoms with Gasteiger partial charge >= 0.3 is 0 Å². The zero-order chi connectivity index (χ0) is 16.5. The number of nitrogens with zero attached hydrogens (tertiary/aromatic N) is 4. The predicted molar refractivity (Wildman–Crippen MR) is 91.7 cm³/mol. The molecule has 6 heteroatoms. The number of aryl methyl sites for hydroxylation is 1. The molecule has 126 valence electrons. The first-order chi connectivity index (χ1) is 11.8. The van der Waals surface area contributed by atoms with Crippen LogP contribution in [0.5, 0.6) is 0 Å². The van der Waals surface area contributed by atoms with Crippen molar-refractivity contribution in [3.63, 3.8) is 0 Å². The first kappa shape index (κ1) is 15.3. The average Bonchev–Trinajstić information content (AvgIpc) is 3.28. The number of piperidine rings is 1. The lowest BCUT2D eigenvalue weighted by Crippen LogP contribution is -2.35. The lowest BCUT2D eigenvalue weighted by Gasteiger charge is -2.34. The zero-order valence-corrected chi connectivity index (χ0v) is 14.2. The van der Waals surface area contributed by atoms with Crippen molar-refractivity contribution in [3.8, 4) is 0 Å². The Kier molecular flexibility index (Phi) is 4.06. The molecule has 0 radical (unpaired) electrons. The maximum atomic E-state index is 5.41. The summed E-state index contributed by atoms with van der Waals surface area (Å²) < 4.78 is 5.41. The molecule has 1 fully saturated rings. The molecule has 24 heavy (non-hydrogen) atoms. The van der Waals surface area contributed by atoms with E-state index in [1.807, 2.05) is 19.2 Å². The molecule has 6 nitrogen and oxygen atoms in total. The highest BCUT2D eigenvalue weighted by atomic mass is 16.5. The number of aromatic nitrogens is 4. The minimum Gasteiger partial charge on any atom is -0.346 e. The second kappa shape index (κ2) is 6.36. The molecule has 0 aliphatic carbocycles. The first-order valence-electron chi connectivity index (χ1n) is 8.74. The number of hydrogen-bond donors (Lipinski definition) is 1. The molecular formula is C18H23N5O. The van der Waals surface area contributed by atoms with E-state index in [0.717, 1.165) is 49.7 Å². The van der Waals surface area contributed by atoms with E-state index in [9.17, 15) is 0 Å². The van der Waals surface area contributed by atoms with E-state index in [-0.39, 0.29) is 6.04 Å². The van der Waals surface area contributed by atoms with Gasteiger partial charge in [-0.05, 0) is 56.5 Å². The maximum Gasteiger partial charge on any atom is 0.243 e. The van der Waals surface area contributed by atoms with Crippen molar-refractivity contribution in [2.75, 3.05) is 13.1 Å². The van der Waals surface area contributed by atoms with Crippen LogP contribution in [-0.4, -0.2) is 38.1 Å². The Balaban J connectivity index is 1.44.